The van der Waals surface area contributed by atoms with Gasteiger partial charge in [0.15, 0.2) is 0 Å². The highest BCUT2D eigenvalue weighted by atomic mass is 19.1. The second-order valence-electron chi connectivity index (χ2n) is 6.49. The van der Waals surface area contributed by atoms with Gasteiger partial charge in [-0.25, -0.2) is 9.18 Å². The third-order valence-electron chi connectivity index (χ3n) is 5.22. The summed E-state index contributed by atoms with van der Waals surface area (Å²) in [6, 6.07) is 1.12. The molecule has 106 valence electrons. The second-order valence-corrected chi connectivity index (χ2v) is 6.49. The molecule has 1 saturated carbocycles. The van der Waals surface area contributed by atoms with Gasteiger partial charge in [-0.3, -0.25) is 4.98 Å². The van der Waals surface area contributed by atoms with Gasteiger partial charge in [-0.05, 0) is 36.7 Å². The van der Waals surface area contributed by atoms with Crippen LogP contribution in [0.25, 0.3) is 0 Å². The summed E-state index contributed by atoms with van der Waals surface area (Å²) in [6.45, 7) is 3.27. The lowest BCUT2D eigenvalue weighted by atomic mass is 9.60. The molecule has 5 rings (SSSR count). The van der Waals surface area contributed by atoms with Gasteiger partial charge >= 0.3 is 5.97 Å². The molecule has 1 aliphatic carbocycles. The van der Waals surface area contributed by atoms with E-state index in [1.165, 1.54) is 6.54 Å². The normalized spacial score (nSPS) is 38.1. The molecule has 4 heterocycles. The van der Waals surface area contributed by atoms with Gasteiger partial charge in [0.2, 0.25) is 0 Å². The molecule has 4 bridgehead atoms. The third kappa shape index (κ3) is 1.76. The summed E-state index contributed by atoms with van der Waals surface area (Å²) in [5, 5.41) is 9.33. The van der Waals surface area contributed by atoms with Gasteiger partial charge in [0, 0.05) is 25.6 Å². The number of aromatic carboxylic acids is 1. The number of carboxylic acid groups (broad SMARTS) is 1. The Morgan fingerprint density at radius 3 is 2.60 bits per heavy atom. The number of hydrogen-bond acceptors (Lipinski definition) is 3. The molecule has 4 nitrogen and oxygen atoms in total. The van der Waals surface area contributed by atoms with Crippen LogP contribution in [0.3, 0.4) is 0 Å². The number of pyridine rings is 1. The molecule has 3 aliphatic heterocycles. The molecular formula is C15H17FN2O2. The maximum Gasteiger partial charge on any atom is 0.337 e. The van der Waals surface area contributed by atoms with Crippen molar-refractivity contribution in [2.45, 2.75) is 18.8 Å². The minimum absolute atomic E-state index is 0.0532. The summed E-state index contributed by atoms with van der Waals surface area (Å²) in [4.78, 5) is 18.1. The lowest BCUT2D eigenvalue weighted by Gasteiger charge is -2.55. The number of rotatable bonds is 2. The molecular weight excluding hydrogens is 259 g/mol. The number of piperidine rings is 3. The van der Waals surface area contributed by atoms with Gasteiger partial charge in [0.05, 0.1) is 17.5 Å². The van der Waals surface area contributed by atoms with Gasteiger partial charge in [-0.2, -0.15) is 0 Å². The van der Waals surface area contributed by atoms with Crippen LogP contribution in [-0.4, -0.2) is 40.6 Å². The van der Waals surface area contributed by atoms with E-state index < -0.39 is 11.8 Å². The number of halogens is 1. The molecule has 2 atom stereocenters. The third-order valence-corrected chi connectivity index (χ3v) is 5.22. The molecule has 0 aromatic carbocycles. The van der Waals surface area contributed by atoms with Crippen LogP contribution < -0.4 is 0 Å². The minimum atomic E-state index is -1.07. The Kier molecular flexibility index (Phi) is 2.61. The molecule has 0 amide bonds. The Morgan fingerprint density at radius 2 is 2.00 bits per heavy atom. The van der Waals surface area contributed by atoms with Crippen LogP contribution in [0.15, 0.2) is 12.3 Å². The Hall–Kier alpha value is -1.49. The van der Waals surface area contributed by atoms with Crippen LogP contribution in [0.1, 0.15) is 34.8 Å². The summed E-state index contributed by atoms with van der Waals surface area (Å²) in [5.41, 5.74) is 0.659. The van der Waals surface area contributed by atoms with Crippen molar-refractivity contribution in [3.63, 3.8) is 0 Å². The molecule has 0 radical (unpaired) electrons. The maximum atomic E-state index is 13.3. The van der Waals surface area contributed by atoms with E-state index in [-0.39, 0.29) is 11.5 Å². The lowest BCUT2D eigenvalue weighted by Crippen LogP contribution is -2.57. The summed E-state index contributed by atoms with van der Waals surface area (Å²) in [7, 11) is 0. The van der Waals surface area contributed by atoms with Gasteiger partial charge < -0.3 is 10.0 Å². The zero-order valence-corrected chi connectivity index (χ0v) is 11.1. The number of nitrogens with zero attached hydrogens (tertiary/aromatic N) is 2. The predicted molar refractivity (Wildman–Crippen MR) is 70.0 cm³/mol. The Balaban J connectivity index is 1.76. The molecule has 1 aromatic rings. The highest BCUT2D eigenvalue weighted by molar-refractivity contribution is 5.89. The van der Waals surface area contributed by atoms with E-state index in [9.17, 15) is 14.3 Å². The molecule has 1 aromatic heterocycles. The number of carboxylic acids is 1. The number of carbonyl (C=O) groups is 1. The minimum Gasteiger partial charge on any atom is -0.478 e. The van der Waals surface area contributed by atoms with Crippen LogP contribution in [0.5, 0.6) is 0 Å². The zero-order valence-electron chi connectivity index (χ0n) is 11.1. The Morgan fingerprint density at radius 1 is 1.30 bits per heavy atom. The topological polar surface area (TPSA) is 53.4 Å². The second kappa shape index (κ2) is 4.25. The van der Waals surface area contributed by atoms with E-state index in [0.717, 1.165) is 44.1 Å². The average molecular weight is 276 g/mol. The molecule has 2 unspecified atom stereocenters. The van der Waals surface area contributed by atoms with Crippen molar-refractivity contribution in [1.29, 1.82) is 0 Å². The van der Waals surface area contributed by atoms with E-state index >= 15 is 0 Å². The van der Waals surface area contributed by atoms with E-state index in [1.807, 2.05) is 0 Å². The number of aromatic nitrogens is 1. The Bertz CT molecular complexity index is 547. The number of hydrogen-bond donors (Lipinski definition) is 1. The monoisotopic (exact) mass is 276 g/mol. The Labute approximate surface area is 116 Å². The summed E-state index contributed by atoms with van der Waals surface area (Å²) >= 11 is 0. The molecule has 4 fully saturated rings. The molecule has 0 spiro atoms. The zero-order chi connectivity index (χ0) is 13.9. The van der Waals surface area contributed by atoms with E-state index in [2.05, 4.69) is 9.88 Å². The summed E-state index contributed by atoms with van der Waals surface area (Å²) < 4.78 is 13.3. The fourth-order valence-corrected chi connectivity index (χ4v) is 4.74. The van der Waals surface area contributed by atoms with E-state index in [1.54, 1.807) is 0 Å². The predicted octanol–water partition coefficient (Wildman–Crippen LogP) is 1.97. The molecule has 20 heavy (non-hydrogen) atoms. The van der Waals surface area contributed by atoms with E-state index in [0.29, 0.717) is 17.5 Å². The molecule has 5 heteroatoms. The highest BCUT2D eigenvalue weighted by Crippen LogP contribution is 2.51. The lowest BCUT2D eigenvalue weighted by molar-refractivity contribution is -0.0371. The first-order valence-corrected chi connectivity index (χ1v) is 7.23. The quantitative estimate of drug-likeness (QED) is 0.897. The molecule has 3 saturated heterocycles. The van der Waals surface area contributed by atoms with Crippen molar-refractivity contribution in [2.24, 2.45) is 17.8 Å². The largest absolute Gasteiger partial charge is 0.478 e. The van der Waals surface area contributed by atoms with Crippen molar-refractivity contribution in [3.05, 3.63) is 29.3 Å². The van der Waals surface area contributed by atoms with Gasteiger partial charge in [-0.15, -0.1) is 0 Å². The van der Waals surface area contributed by atoms with Gasteiger partial charge in [0.1, 0.15) is 5.82 Å². The average Bonchev–Trinajstić information content (AvgIpc) is 2.38. The highest BCUT2D eigenvalue weighted by Gasteiger charge is 2.49. The first kappa shape index (κ1) is 12.3. The fraction of sp³-hybridized carbons (Fsp3) is 0.600. The van der Waals surface area contributed by atoms with Crippen LogP contribution in [-0.2, 0) is 0 Å². The van der Waals surface area contributed by atoms with Crippen molar-refractivity contribution in [3.8, 4) is 0 Å². The maximum absolute atomic E-state index is 13.3. The standard InChI is InChI=1S/C15H17FN2O2/c16-11-3-12(15(19)20)14(17-4-11)13-9-1-8-2-10(13)7-18(5-8)6-9/h3-4,8-10,13H,1-2,5-7H2,(H,19,20). The van der Waals surface area contributed by atoms with Gasteiger partial charge in [-0.1, -0.05) is 0 Å². The van der Waals surface area contributed by atoms with Crippen LogP contribution in [0.4, 0.5) is 4.39 Å². The van der Waals surface area contributed by atoms with Crippen LogP contribution in [0.2, 0.25) is 0 Å². The van der Waals surface area contributed by atoms with Crippen molar-refractivity contribution >= 4 is 5.97 Å². The molecule has 4 aliphatic rings. The van der Waals surface area contributed by atoms with Crippen LogP contribution in [0, 0.1) is 23.6 Å². The summed E-state index contributed by atoms with van der Waals surface area (Å²) in [5.74, 6) is 0.279. The van der Waals surface area contributed by atoms with Crippen molar-refractivity contribution < 1.29 is 14.3 Å². The SMILES string of the molecule is O=C(O)c1cc(F)cnc1C1C2CC3CC1CN(C3)C2. The van der Waals surface area contributed by atoms with Crippen molar-refractivity contribution in [1.82, 2.24) is 9.88 Å². The summed E-state index contributed by atoms with van der Waals surface area (Å²) in [6.07, 6.45) is 3.48. The van der Waals surface area contributed by atoms with E-state index in [4.69, 9.17) is 0 Å². The van der Waals surface area contributed by atoms with Crippen molar-refractivity contribution in [2.75, 3.05) is 19.6 Å². The van der Waals surface area contributed by atoms with Crippen LogP contribution >= 0.6 is 0 Å². The fourth-order valence-electron chi connectivity index (χ4n) is 4.74. The smallest absolute Gasteiger partial charge is 0.337 e. The molecule has 1 N–H and O–H groups in total. The first-order chi connectivity index (χ1) is 9.61. The van der Waals surface area contributed by atoms with Gasteiger partial charge in [0.25, 0.3) is 0 Å². The first-order valence-electron chi connectivity index (χ1n) is 7.23.